The third-order valence-electron chi connectivity index (χ3n) is 3.91. The van der Waals surface area contributed by atoms with Crippen molar-refractivity contribution in [2.45, 2.75) is 19.9 Å². The van der Waals surface area contributed by atoms with E-state index < -0.39 is 17.8 Å². The molecule has 6 heteroatoms. The molecule has 2 aromatic carbocycles. The van der Waals surface area contributed by atoms with E-state index in [1.165, 1.54) is 35.9 Å². The van der Waals surface area contributed by atoms with Crippen LogP contribution in [0.3, 0.4) is 0 Å². The fourth-order valence-electron chi connectivity index (χ4n) is 2.55. The summed E-state index contributed by atoms with van der Waals surface area (Å²) in [6.07, 6.45) is 0. The first kappa shape index (κ1) is 15.9. The third kappa shape index (κ3) is 2.67. The van der Waals surface area contributed by atoms with Gasteiger partial charge in [-0.25, -0.2) is 9.18 Å². The van der Waals surface area contributed by atoms with Crippen molar-refractivity contribution in [3.8, 4) is 0 Å². The van der Waals surface area contributed by atoms with Gasteiger partial charge in [0, 0.05) is 10.9 Å². The van der Waals surface area contributed by atoms with E-state index in [1.807, 2.05) is 13.0 Å². The highest BCUT2D eigenvalue weighted by atomic mass is 19.1. The van der Waals surface area contributed by atoms with Crippen LogP contribution in [-0.4, -0.2) is 26.6 Å². The summed E-state index contributed by atoms with van der Waals surface area (Å²) >= 11 is 0. The molecule has 1 unspecified atom stereocenters. The van der Waals surface area contributed by atoms with Gasteiger partial charge in [0.2, 0.25) is 5.78 Å². The summed E-state index contributed by atoms with van der Waals surface area (Å²) < 4.78 is 14.4. The quantitative estimate of drug-likeness (QED) is 0.746. The van der Waals surface area contributed by atoms with Gasteiger partial charge in [-0.3, -0.25) is 9.48 Å². The summed E-state index contributed by atoms with van der Waals surface area (Å²) in [6, 6.07) is 9.65. The number of nitrogens with zero attached hydrogens (tertiary/aromatic N) is 2. The third-order valence-corrected chi connectivity index (χ3v) is 3.91. The van der Waals surface area contributed by atoms with Crippen LogP contribution in [0.4, 0.5) is 4.39 Å². The van der Waals surface area contributed by atoms with Crippen LogP contribution < -0.4 is 0 Å². The first-order valence-corrected chi connectivity index (χ1v) is 7.40. The first-order valence-electron chi connectivity index (χ1n) is 7.40. The van der Waals surface area contributed by atoms with Gasteiger partial charge in [0.15, 0.2) is 0 Å². The Bertz CT molecular complexity index is 945. The lowest BCUT2D eigenvalue weighted by Gasteiger charge is -2.08. The minimum atomic E-state index is -1.04. The number of ketones is 1. The summed E-state index contributed by atoms with van der Waals surface area (Å²) in [5, 5.41) is 14.1. The molecule has 1 heterocycles. The maximum absolute atomic E-state index is 13.1. The van der Waals surface area contributed by atoms with Gasteiger partial charge in [-0.15, -0.1) is 0 Å². The van der Waals surface area contributed by atoms with Gasteiger partial charge in [0.25, 0.3) is 0 Å². The van der Waals surface area contributed by atoms with Crippen LogP contribution in [0.15, 0.2) is 42.5 Å². The summed E-state index contributed by atoms with van der Waals surface area (Å²) in [4.78, 5) is 24.0. The first-order chi connectivity index (χ1) is 11.4. The van der Waals surface area contributed by atoms with Crippen molar-refractivity contribution in [3.63, 3.8) is 0 Å². The molecule has 1 aromatic heterocycles. The molecule has 0 bridgehead atoms. The zero-order chi connectivity index (χ0) is 17.4. The highest BCUT2D eigenvalue weighted by molar-refractivity contribution is 6.15. The predicted octanol–water partition coefficient (Wildman–Crippen LogP) is 3.36. The molecule has 3 aromatic rings. The maximum atomic E-state index is 13.1. The second-order valence-electron chi connectivity index (χ2n) is 5.66. The average molecular weight is 326 g/mol. The molecule has 0 aliphatic carbocycles. The van der Waals surface area contributed by atoms with Crippen LogP contribution in [0, 0.1) is 12.7 Å². The van der Waals surface area contributed by atoms with Gasteiger partial charge in [-0.05, 0) is 49.7 Å². The summed E-state index contributed by atoms with van der Waals surface area (Å²) in [5.41, 5.74) is 1.97. The molecular formula is C18H15FN2O3. The van der Waals surface area contributed by atoms with Crippen LogP contribution in [-0.2, 0) is 4.79 Å². The van der Waals surface area contributed by atoms with Crippen LogP contribution in [0.1, 0.15) is 34.6 Å². The standard InChI is InChI=1S/C18H15FN2O3/c1-10-3-8-14-15(9-10)21(11(2)18(23)24)20-16(14)17(22)12-4-6-13(19)7-5-12/h3-9,11H,1-2H3,(H,23,24). The van der Waals surface area contributed by atoms with Crippen molar-refractivity contribution in [2.75, 3.05) is 0 Å². The molecule has 0 saturated carbocycles. The second-order valence-corrected chi connectivity index (χ2v) is 5.66. The number of carbonyl (C=O) groups is 2. The molecule has 0 amide bonds. The Morgan fingerprint density at radius 2 is 1.83 bits per heavy atom. The maximum Gasteiger partial charge on any atom is 0.328 e. The number of halogens is 1. The number of aliphatic carboxylic acids is 1. The number of carbonyl (C=O) groups excluding carboxylic acids is 1. The van der Waals surface area contributed by atoms with Crippen molar-refractivity contribution in [3.05, 3.63) is 65.1 Å². The predicted molar refractivity (Wildman–Crippen MR) is 86.6 cm³/mol. The van der Waals surface area contributed by atoms with E-state index in [-0.39, 0.29) is 11.5 Å². The smallest absolute Gasteiger partial charge is 0.328 e. The van der Waals surface area contributed by atoms with E-state index in [0.717, 1.165) is 5.56 Å². The molecule has 1 atom stereocenters. The van der Waals surface area contributed by atoms with Crippen molar-refractivity contribution in [1.82, 2.24) is 9.78 Å². The molecule has 0 aliphatic heterocycles. The minimum absolute atomic E-state index is 0.157. The number of aryl methyl sites for hydroxylation is 1. The number of benzene rings is 2. The van der Waals surface area contributed by atoms with E-state index in [9.17, 15) is 19.1 Å². The zero-order valence-electron chi connectivity index (χ0n) is 13.2. The molecular weight excluding hydrogens is 311 g/mol. The lowest BCUT2D eigenvalue weighted by molar-refractivity contribution is -0.140. The fourth-order valence-corrected chi connectivity index (χ4v) is 2.55. The number of hydrogen-bond donors (Lipinski definition) is 1. The lowest BCUT2D eigenvalue weighted by Crippen LogP contribution is -2.17. The molecule has 3 rings (SSSR count). The largest absolute Gasteiger partial charge is 0.480 e. The number of fused-ring (bicyclic) bond motifs is 1. The van der Waals surface area contributed by atoms with Gasteiger partial charge in [-0.1, -0.05) is 12.1 Å². The van der Waals surface area contributed by atoms with E-state index in [4.69, 9.17) is 0 Å². The number of carboxylic acid groups (broad SMARTS) is 1. The zero-order valence-corrected chi connectivity index (χ0v) is 13.2. The van der Waals surface area contributed by atoms with Gasteiger partial charge >= 0.3 is 5.97 Å². The monoisotopic (exact) mass is 326 g/mol. The number of carboxylic acids is 1. The summed E-state index contributed by atoms with van der Waals surface area (Å²) in [6.45, 7) is 3.38. The lowest BCUT2D eigenvalue weighted by atomic mass is 10.0. The Kier molecular flexibility index (Phi) is 3.89. The van der Waals surface area contributed by atoms with Crippen LogP contribution in [0.25, 0.3) is 10.9 Å². The minimum Gasteiger partial charge on any atom is -0.480 e. The normalized spacial score (nSPS) is 12.3. The van der Waals surface area contributed by atoms with E-state index in [1.54, 1.807) is 12.1 Å². The Morgan fingerprint density at radius 3 is 2.46 bits per heavy atom. The highest BCUT2D eigenvalue weighted by Crippen LogP contribution is 2.25. The van der Waals surface area contributed by atoms with E-state index in [0.29, 0.717) is 16.5 Å². The number of rotatable bonds is 4. The average Bonchev–Trinajstić information content (AvgIpc) is 2.92. The molecule has 0 aliphatic rings. The van der Waals surface area contributed by atoms with E-state index >= 15 is 0 Å². The van der Waals surface area contributed by atoms with Crippen LogP contribution in [0.2, 0.25) is 0 Å². The Labute approximate surface area is 137 Å². The molecule has 0 saturated heterocycles. The van der Waals surface area contributed by atoms with Crippen LogP contribution in [0.5, 0.6) is 0 Å². The second kappa shape index (κ2) is 5.88. The summed E-state index contributed by atoms with van der Waals surface area (Å²) in [5.74, 6) is -1.85. The molecule has 0 spiro atoms. The molecule has 24 heavy (non-hydrogen) atoms. The van der Waals surface area contributed by atoms with Crippen molar-refractivity contribution in [2.24, 2.45) is 0 Å². The summed E-state index contributed by atoms with van der Waals surface area (Å²) in [7, 11) is 0. The molecule has 5 nitrogen and oxygen atoms in total. The molecule has 122 valence electrons. The topological polar surface area (TPSA) is 72.2 Å². The SMILES string of the molecule is Cc1ccc2c(C(=O)c3ccc(F)cc3)nn(C(C)C(=O)O)c2c1. The molecule has 1 N–H and O–H groups in total. The van der Waals surface area contributed by atoms with Crippen molar-refractivity contribution in [1.29, 1.82) is 0 Å². The molecule has 0 fully saturated rings. The fraction of sp³-hybridized carbons (Fsp3) is 0.167. The van der Waals surface area contributed by atoms with Gasteiger partial charge in [-0.2, -0.15) is 5.10 Å². The number of hydrogen-bond acceptors (Lipinski definition) is 3. The van der Waals surface area contributed by atoms with Crippen molar-refractivity contribution < 1.29 is 19.1 Å². The van der Waals surface area contributed by atoms with Gasteiger partial charge < -0.3 is 5.11 Å². The Morgan fingerprint density at radius 1 is 1.17 bits per heavy atom. The van der Waals surface area contributed by atoms with Gasteiger partial charge in [0.05, 0.1) is 5.52 Å². The molecule has 0 radical (unpaired) electrons. The van der Waals surface area contributed by atoms with Gasteiger partial charge in [0.1, 0.15) is 17.6 Å². The van der Waals surface area contributed by atoms with E-state index in [2.05, 4.69) is 5.10 Å². The number of aromatic nitrogens is 2. The van der Waals surface area contributed by atoms with Crippen molar-refractivity contribution >= 4 is 22.7 Å². The van der Waals surface area contributed by atoms with Crippen LogP contribution >= 0.6 is 0 Å². The Hall–Kier alpha value is -3.02. The Balaban J connectivity index is 2.19. The highest BCUT2D eigenvalue weighted by Gasteiger charge is 2.23.